The molecule has 0 aliphatic carbocycles. The number of nitrogens with one attached hydrogen (secondary N) is 1. The van der Waals surface area contributed by atoms with Crippen molar-refractivity contribution in [3.8, 4) is 0 Å². The fraction of sp³-hybridized carbons (Fsp3) is 0.385. The van der Waals surface area contributed by atoms with Crippen LogP contribution >= 0.6 is 0 Å². The normalized spacial score (nSPS) is 26.8. The molecule has 5 nitrogen and oxygen atoms in total. The Morgan fingerprint density at radius 2 is 2.06 bits per heavy atom. The Morgan fingerprint density at radius 3 is 2.67 bits per heavy atom. The maximum absolute atomic E-state index is 11.8. The third-order valence-electron chi connectivity index (χ3n) is 3.07. The van der Waals surface area contributed by atoms with E-state index in [-0.39, 0.29) is 18.4 Å². The summed E-state index contributed by atoms with van der Waals surface area (Å²) in [5.74, 6) is -1.13. The molecule has 1 aliphatic rings. The lowest BCUT2D eigenvalue weighted by Crippen LogP contribution is -2.37. The van der Waals surface area contributed by atoms with Gasteiger partial charge in [0.05, 0.1) is 12.6 Å². The van der Waals surface area contributed by atoms with Gasteiger partial charge in [0, 0.05) is 5.92 Å². The minimum Gasteiger partial charge on any atom is -0.464 e. The van der Waals surface area contributed by atoms with Crippen LogP contribution in [0.5, 0.6) is 0 Å². The Balaban J connectivity index is 2.29. The quantitative estimate of drug-likeness (QED) is 0.746. The van der Waals surface area contributed by atoms with Gasteiger partial charge in [-0.2, -0.15) is 0 Å². The summed E-state index contributed by atoms with van der Waals surface area (Å²) < 4.78 is 4.96. The molecule has 1 amide bonds. The van der Waals surface area contributed by atoms with Crippen LogP contribution in [0.3, 0.4) is 0 Å². The summed E-state index contributed by atoms with van der Waals surface area (Å²) in [5, 5.41) is 2.60. The van der Waals surface area contributed by atoms with Crippen molar-refractivity contribution in [3.05, 3.63) is 35.9 Å². The standard InChI is InChI=1S/C13H16N2O3/c1-2-18-13(17)11-9(10(14)12(16)15-11)8-6-4-3-5-7-8/h3-7,9-11H,2,14H2,1H3,(H,15,16). The summed E-state index contributed by atoms with van der Waals surface area (Å²) in [5.41, 5.74) is 6.72. The summed E-state index contributed by atoms with van der Waals surface area (Å²) in [6.07, 6.45) is 0. The first kappa shape index (κ1) is 12.6. The molecule has 0 radical (unpaired) electrons. The van der Waals surface area contributed by atoms with Crippen molar-refractivity contribution < 1.29 is 14.3 Å². The molecule has 1 aromatic rings. The molecule has 1 aliphatic heterocycles. The van der Waals surface area contributed by atoms with Gasteiger partial charge in [-0.25, -0.2) is 4.79 Å². The smallest absolute Gasteiger partial charge is 0.329 e. The van der Waals surface area contributed by atoms with Crippen molar-refractivity contribution in [2.24, 2.45) is 5.73 Å². The second-order valence-corrected chi connectivity index (χ2v) is 4.20. The van der Waals surface area contributed by atoms with Gasteiger partial charge in [-0.15, -0.1) is 0 Å². The maximum Gasteiger partial charge on any atom is 0.329 e. The van der Waals surface area contributed by atoms with Crippen molar-refractivity contribution in [1.29, 1.82) is 0 Å². The lowest BCUT2D eigenvalue weighted by Gasteiger charge is -2.19. The first-order chi connectivity index (χ1) is 8.65. The van der Waals surface area contributed by atoms with Gasteiger partial charge in [-0.05, 0) is 12.5 Å². The van der Waals surface area contributed by atoms with Crippen LogP contribution in [0.2, 0.25) is 0 Å². The SMILES string of the molecule is CCOC(=O)C1NC(=O)C(N)C1c1ccccc1. The Bertz CT molecular complexity index is 447. The number of hydrogen-bond donors (Lipinski definition) is 2. The van der Waals surface area contributed by atoms with E-state index in [1.807, 2.05) is 30.3 Å². The molecule has 1 aromatic carbocycles. The number of amides is 1. The molecule has 0 spiro atoms. The Kier molecular flexibility index (Phi) is 3.62. The van der Waals surface area contributed by atoms with E-state index in [2.05, 4.69) is 5.32 Å². The molecular formula is C13H16N2O3. The topological polar surface area (TPSA) is 81.4 Å². The van der Waals surface area contributed by atoms with Gasteiger partial charge >= 0.3 is 5.97 Å². The molecule has 1 saturated heterocycles. The summed E-state index contributed by atoms with van der Waals surface area (Å²) in [6.45, 7) is 2.01. The van der Waals surface area contributed by atoms with Gasteiger partial charge in [0.25, 0.3) is 0 Å². The molecule has 5 heteroatoms. The van der Waals surface area contributed by atoms with E-state index >= 15 is 0 Å². The zero-order chi connectivity index (χ0) is 13.1. The van der Waals surface area contributed by atoms with E-state index in [1.54, 1.807) is 6.92 Å². The minimum absolute atomic E-state index is 0.280. The van der Waals surface area contributed by atoms with Crippen LogP contribution in [0.4, 0.5) is 0 Å². The third kappa shape index (κ3) is 2.22. The molecule has 0 bridgehead atoms. The average molecular weight is 248 g/mol. The monoisotopic (exact) mass is 248 g/mol. The fourth-order valence-electron chi connectivity index (χ4n) is 2.22. The number of rotatable bonds is 3. The number of esters is 1. The van der Waals surface area contributed by atoms with E-state index in [0.717, 1.165) is 5.56 Å². The van der Waals surface area contributed by atoms with Crippen molar-refractivity contribution in [3.63, 3.8) is 0 Å². The lowest BCUT2D eigenvalue weighted by atomic mass is 9.89. The van der Waals surface area contributed by atoms with E-state index in [4.69, 9.17) is 10.5 Å². The highest BCUT2D eigenvalue weighted by Gasteiger charge is 2.45. The van der Waals surface area contributed by atoms with Crippen molar-refractivity contribution in [2.75, 3.05) is 6.61 Å². The second kappa shape index (κ2) is 5.18. The molecule has 18 heavy (non-hydrogen) atoms. The van der Waals surface area contributed by atoms with Crippen LogP contribution in [0.15, 0.2) is 30.3 Å². The highest BCUT2D eigenvalue weighted by molar-refractivity contribution is 5.93. The molecule has 1 heterocycles. The van der Waals surface area contributed by atoms with Gasteiger partial charge in [0.1, 0.15) is 6.04 Å². The number of carbonyl (C=O) groups excluding carboxylic acids is 2. The summed E-state index contributed by atoms with van der Waals surface area (Å²) >= 11 is 0. The first-order valence-electron chi connectivity index (χ1n) is 5.92. The van der Waals surface area contributed by atoms with Gasteiger partial charge in [-0.1, -0.05) is 30.3 Å². The van der Waals surface area contributed by atoms with Gasteiger partial charge in [0.2, 0.25) is 5.91 Å². The van der Waals surface area contributed by atoms with E-state index in [1.165, 1.54) is 0 Å². The van der Waals surface area contributed by atoms with Gasteiger partial charge < -0.3 is 15.8 Å². The summed E-state index contributed by atoms with van der Waals surface area (Å²) in [6, 6.07) is 7.88. The molecule has 3 N–H and O–H groups in total. The van der Waals surface area contributed by atoms with Crippen LogP contribution in [-0.2, 0) is 14.3 Å². The minimum atomic E-state index is -0.721. The summed E-state index contributed by atoms with van der Waals surface area (Å²) in [7, 11) is 0. The highest BCUT2D eigenvalue weighted by atomic mass is 16.5. The first-order valence-corrected chi connectivity index (χ1v) is 5.92. The Hall–Kier alpha value is -1.88. The van der Waals surface area contributed by atoms with E-state index < -0.39 is 18.1 Å². The van der Waals surface area contributed by atoms with Gasteiger partial charge in [0.15, 0.2) is 0 Å². The number of carbonyl (C=O) groups is 2. The van der Waals surface area contributed by atoms with Crippen LogP contribution in [0, 0.1) is 0 Å². The summed E-state index contributed by atoms with van der Waals surface area (Å²) in [4.78, 5) is 23.5. The zero-order valence-electron chi connectivity index (χ0n) is 10.1. The predicted molar refractivity (Wildman–Crippen MR) is 65.7 cm³/mol. The molecule has 0 saturated carbocycles. The van der Waals surface area contributed by atoms with Crippen molar-refractivity contribution in [1.82, 2.24) is 5.32 Å². The molecule has 0 aromatic heterocycles. The van der Waals surface area contributed by atoms with Crippen LogP contribution in [0.1, 0.15) is 18.4 Å². The fourth-order valence-corrected chi connectivity index (χ4v) is 2.22. The number of benzene rings is 1. The number of ether oxygens (including phenoxy) is 1. The van der Waals surface area contributed by atoms with Crippen LogP contribution < -0.4 is 11.1 Å². The highest BCUT2D eigenvalue weighted by Crippen LogP contribution is 2.28. The van der Waals surface area contributed by atoms with E-state index in [9.17, 15) is 9.59 Å². The van der Waals surface area contributed by atoms with Gasteiger partial charge in [-0.3, -0.25) is 4.79 Å². The van der Waals surface area contributed by atoms with Crippen molar-refractivity contribution in [2.45, 2.75) is 24.9 Å². The molecule has 2 rings (SSSR count). The Labute approximate surface area is 105 Å². The van der Waals surface area contributed by atoms with Crippen molar-refractivity contribution >= 4 is 11.9 Å². The second-order valence-electron chi connectivity index (χ2n) is 4.20. The molecule has 3 atom stereocenters. The predicted octanol–water partition coefficient (Wildman–Crippen LogP) is 0.159. The van der Waals surface area contributed by atoms with Crippen LogP contribution in [0.25, 0.3) is 0 Å². The molecule has 3 unspecified atom stereocenters. The molecular weight excluding hydrogens is 232 g/mol. The largest absolute Gasteiger partial charge is 0.464 e. The Morgan fingerprint density at radius 1 is 1.39 bits per heavy atom. The number of nitrogens with two attached hydrogens (primary N) is 1. The average Bonchev–Trinajstić information content (AvgIpc) is 2.67. The van der Waals surface area contributed by atoms with Crippen LogP contribution in [-0.4, -0.2) is 30.6 Å². The maximum atomic E-state index is 11.8. The third-order valence-corrected chi connectivity index (χ3v) is 3.07. The lowest BCUT2D eigenvalue weighted by molar-refractivity contribution is -0.146. The zero-order valence-corrected chi connectivity index (χ0v) is 10.1. The molecule has 1 fully saturated rings. The van der Waals surface area contributed by atoms with E-state index in [0.29, 0.717) is 0 Å². The molecule has 96 valence electrons. The number of hydrogen-bond acceptors (Lipinski definition) is 4.